The smallest absolute Gasteiger partial charge is 0.0973 e. The van der Waals surface area contributed by atoms with Gasteiger partial charge in [0.25, 0.3) is 0 Å². The Bertz CT molecular complexity index is 905. The summed E-state index contributed by atoms with van der Waals surface area (Å²) >= 11 is 0. The van der Waals surface area contributed by atoms with Crippen molar-refractivity contribution in [3.05, 3.63) is 108 Å². The summed E-state index contributed by atoms with van der Waals surface area (Å²) in [6, 6.07) is 34.0. The molecule has 1 fully saturated rings. The Kier molecular flexibility index (Phi) is 11.9. The molecule has 1 aliphatic heterocycles. The van der Waals surface area contributed by atoms with Crippen LogP contribution in [0, 0.1) is 0 Å². The minimum Gasteiger partial charge on any atom is -0.311 e. The molecule has 38 heavy (non-hydrogen) atoms. The summed E-state index contributed by atoms with van der Waals surface area (Å²) in [5.41, 5.74) is 3.77. The summed E-state index contributed by atoms with van der Waals surface area (Å²) in [5, 5.41) is 3.87. The third-order valence-corrected chi connectivity index (χ3v) is 8.46. The number of unbranched alkanes of at least 4 members (excludes halogenated alkanes) is 10. The Hall–Kier alpha value is -2.42. The molecule has 1 aliphatic rings. The van der Waals surface area contributed by atoms with Crippen LogP contribution in [0.3, 0.4) is 0 Å². The molecule has 1 atom stereocenters. The van der Waals surface area contributed by atoms with Gasteiger partial charge in [-0.2, -0.15) is 0 Å². The van der Waals surface area contributed by atoms with E-state index in [2.05, 4.69) is 108 Å². The molecule has 0 aliphatic carbocycles. The Morgan fingerprint density at radius 3 is 1.47 bits per heavy atom. The van der Waals surface area contributed by atoms with E-state index in [1.807, 2.05) is 0 Å². The molecule has 2 nitrogen and oxygen atoms in total. The van der Waals surface area contributed by atoms with Crippen LogP contribution in [0.4, 0.5) is 0 Å². The van der Waals surface area contributed by atoms with Crippen molar-refractivity contribution in [2.75, 3.05) is 19.6 Å². The van der Waals surface area contributed by atoms with E-state index in [0.717, 1.165) is 19.6 Å². The quantitative estimate of drug-likeness (QED) is 0.153. The lowest BCUT2D eigenvalue weighted by Crippen LogP contribution is -2.59. The lowest BCUT2D eigenvalue weighted by Gasteiger charge is -2.49. The predicted molar refractivity (Wildman–Crippen MR) is 164 cm³/mol. The minimum absolute atomic E-state index is 0.290. The van der Waals surface area contributed by atoms with Gasteiger partial charge in [0.2, 0.25) is 0 Å². The second-order valence-corrected chi connectivity index (χ2v) is 11.2. The molecular formula is C36H50N2. The standard InChI is InChI=1S/C36H50N2/c1-2-3-4-5-6-7-8-9-10-11-21-28-35-31-38(30-29-37-35)36(32-22-15-12-16-23-32,33-24-17-13-18-25-33)34-26-19-14-20-27-34/h12-20,22-27,35,37H,2-11,21,28-31H2,1H3. The average Bonchev–Trinajstić information content (AvgIpc) is 2.98. The average molecular weight is 511 g/mol. The third-order valence-electron chi connectivity index (χ3n) is 8.46. The Morgan fingerprint density at radius 1 is 0.605 bits per heavy atom. The number of hydrogen-bond donors (Lipinski definition) is 1. The van der Waals surface area contributed by atoms with Crippen LogP contribution in [0.25, 0.3) is 0 Å². The van der Waals surface area contributed by atoms with Crippen molar-refractivity contribution in [1.29, 1.82) is 0 Å². The summed E-state index contributed by atoms with van der Waals surface area (Å²) in [5.74, 6) is 0. The van der Waals surface area contributed by atoms with Crippen molar-refractivity contribution < 1.29 is 0 Å². The fourth-order valence-electron chi connectivity index (χ4n) is 6.46. The maximum absolute atomic E-state index is 3.87. The van der Waals surface area contributed by atoms with Gasteiger partial charge in [0, 0.05) is 25.7 Å². The number of piperazine rings is 1. The first-order valence-electron chi connectivity index (χ1n) is 15.5. The van der Waals surface area contributed by atoms with E-state index in [0.29, 0.717) is 6.04 Å². The van der Waals surface area contributed by atoms with Crippen LogP contribution < -0.4 is 5.32 Å². The third kappa shape index (κ3) is 7.58. The van der Waals surface area contributed by atoms with Crippen LogP contribution in [0.5, 0.6) is 0 Å². The Morgan fingerprint density at radius 2 is 1.03 bits per heavy atom. The summed E-state index contributed by atoms with van der Waals surface area (Å²) in [7, 11) is 0. The van der Waals surface area contributed by atoms with Crippen LogP contribution in [0.15, 0.2) is 91.0 Å². The second-order valence-electron chi connectivity index (χ2n) is 11.2. The highest BCUT2D eigenvalue weighted by Crippen LogP contribution is 2.43. The van der Waals surface area contributed by atoms with E-state index in [9.17, 15) is 0 Å². The molecule has 204 valence electrons. The van der Waals surface area contributed by atoms with Crippen LogP contribution >= 0.6 is 0 Å². The van der Waals surface area contributed by atoms with Gasteiger partial charge in [-0.05, 0) is 23.1 Å². The molecule has 0 bridgehead atoms. The zero-order valence-corrected chi connectivity index (χ0v) is 23.8. The molecule has 0 saturated carbocycles. The van der Waals surface area contributed by atoms with Crippen LogP contribution in [-0.4, -0.2) is 30.6 Å². The van der Waals surface area contributed by atoms with Crippen molar-refractivity contribution in [3.63, 3.8) is 0 Å². The number of benzene rings is 3. The van der Waals surface area contributed by atoms with Gasteiger partial charge in [0.05, 0.1) is 5.54 Å². The molecule has 0 aromatic heterocycles. The largest absolute Gasteiger partial charge is 0.311 e. The highest BCUT2D eigenvalue weighted by Gasteiger charge is 2.43. The molecule has 3 aromatic rings. The monoisotopic (exact) mass is 510 g/mol. The van der Waals surface area contributed by atoms with E-state index in [1.165, 1.54) is 93.7 Å². The first-order chi connectivity index (χ1) is 18.9. The van der Waals surface area contributed by atoms with E-state index in [4.69, 9.17) is 0 Å². The topological polar surface area (TPSA) is 15.3 Å². The van der Waals surface area contributed by atoms with Crippen molar-refractivity contribution in [2.45, 2.75) is 95.6 Å². The molecule has 0 spiro atoms. The van der Waals surface area contributed by atoms with Crippen molar-refractivity contribution in [3.8, 4) is 0 Å². The van der Waals surface area contributed by atoms with Gasteiger partial charge in [-0.25, -0.2) is 0 Å². The first kappa shape index (κ1) is 28.6. The molecule has 4 rings (SSSR count). The summed E-state index contributed by atoms with van der Waals surface area (Å²) in [6.45, 7) is 5.44. The van der Waals surface area contributed by atoms with Crippen molar-refractivity contribution >= 4 is 0 Å². The molecule has 0 amide bonds. The lowest BCUT2D eigenvalue weighted by atomic mass is 9.75. The van der Waals surface area contributed by atoms with Crippen molar-refractivity contribution in [1.82, 2.24) is 10.2 Å². The van der Waals surface area contributed by atoms with Gasteiger partial charge in [-0.15, -0.1) is 0 Å². The fraction of sp³-hybridized carbons (Fsp3) is 0.500. The van der Waals surface area contributed by atoms with Gasteiger partial charge >= 0.3 is 0 Å². The second kappa shape index (κ2) is 15.9. The normalized spacial score (nSPS) is 16.5. The highest BCUT2D eigenvalue weighted by atomic mass is 15.3. The van der Waals surface area contributed by atoms with Gasteiger partial charge in [-0.3, -0.25) is 4.90 Å². The number of hydrogen-bond acceptors (Lipinski definition) is 2. The molecule has 2 heteroatoms. The number of nitrogens with one attached hydrogen (secondary N) is 1. The van der Waals surface area contributed by atoms with Gasteiger partial charge < -0.3 is 5.32 Å². The summed E-state index contributed by atoms with van der Waals surface area (Å²) < 4.78 is 0. The molecule has 1 saturated heterocycles. The molecule has 1 N–H and O–H groups in total. The highest BCUT2D eigenvalue weighted by molar-refractivity contribution is 5.49. The van der Waals surface area contributed by atoms with E-state index < -0.39 is 0 Å². The molecule has 0 radical (unpaired) electrons. The molecule has 3 aromatic carbocycles. The van der Waals surface area contributed by atoms with Gasteiger partial charge in [-0.1, -0.05) is 169 Å². The summed E-state index contributed by atoms with van der Waals surface area (Å²) in [6.07, 6.45) is 16.7. The van der Waals surface area contributed by atoms with Crippen LogP contribution in [0.2, 0.25) is 0 Å². The molecule has 1 heterocycles. The zero-order valence-electron chi connectivity index (χ0n) is 23.8. The first-order valence-corrected chi connectivity index (χ1v) is 15.5. The van der Waals surface area contributed by atoms with Gasteiger partial charge in [0.15, 0.2) is 0 Å². The van der Waals surface area contributed by atoms with E-state index in [-0.39, 0.29) is 5.54 Å². The van der Waals surface area contributed by atoms with Crippen molar-refractivity contribution in [2.24, 2.45) is 0 Å². The van der Waals surface area contributed by atoms with Crippen LogP contribution in [-0.2, 0) is 5.54 Å². The zero-order chi connectivity index (χ0) is 26.3. The Balaban J connectivity index is 1.40. The SMILES string of the molecule is CCCCCCCCCCCCCC1CN(C(c2ccccc2)(c2ccccc2)c2ccccc2)CCN1. The number of nitrogens with zero attached hydrogens (tertiary/aromatic N) is 1. The lowest BCUT2D eigenvalue weighted by molar-refractivity contribution is 0.107. The maximum Gasteiger partial charge on any atom is 0.0973 e. The van der Waals surface area contributed by atoms with E-state index in [1.54, 1.807) is 0 Å². The Labute approximate surface area is 232 Å². The minimum atomic E-state index is -0.290. The van der Waals surface area contributed by atoms with Crippen LogP contribution in [0.1, 0.15) is 101 Å². The fourth-order valence-corrected chi connectivity index (χ4v) is 6.46. The molecular weight excluding hydrogens is 460 g/mol. The van der Waals surface area contributed by atoms with E-state index >= 15 is 0 Å². The number of rotatable bonds is 16. The maximum atomic E-state index is 3.87. The predicted octanol–water partition coefficient (Wildman–Crippen LogP) is 8.95. The summed E-state index contributed by atoms with van der Waals surface area (Å²) in [4.78, 5) is 2.76. The molecule has 1 unspecified atom stereocenters. The van der Waals surface area contributed by atoms with Gasteiger partial charge in [0.1, 0.15) is 0 Å².